The van der Waals surface area contributed by atoms with Gasteiger partial charge in [0.25, 0.3) is 0 Å². The number of aromatic nitrogens is 2. The Morgan fingerprint density at radius 1 is 1.37 bits per heavy atom. The topological polar surface area (TPSA) is 67.3 Å². The van der Waals surface area contributed by atoms with Crippen LogP contribution in [-0.4, -0.2) is 45.2 Å². The van der Waals surface area contributed by atoms with Crippen LogP contribution in [0.4, 0.5) is 14.9 Å². The van der Waals surface area contributed by atoms with Gasteiger partial charge < -0.3 is 15.0 Å². The van der Waals surface area contributed by atoms with E-state index in [1.54, 1.807) is 0 Å². The number of ether oxygens (including phenoxy) is 1. The van der Waals surface area contributed by atoms with Crippen molar-refractivity contribution in [3.8, 4) is 11.4 Å². The number of rotatable bonds is 5. The fraction of sp³-hybridized carbons (Fsp3) is 0.522. The van der Waals surface area contributed by atoms with E-state index in [0.29, 0.717) is 24.0 Å². The van der Waals surface area contributed by atoms with Crippen LogP contribution in [0, 0.1) is 18.7 Å². The van der Waals surface area contributed by atoms with Gasteiger partial charge in [0.2, 0.25) is 0 Å². The highest BCUT2D eigenvalue weighted by Gasteiger charge is 2.61. The largest absolute Gasteiger partial charge is 0.376 e. The first-order valence-electron chi connectivity index (χ1n) is 10.6. The van der Waals surface area contributed by atoms with Crippen LogP contribution in [-0.2, 0) is 4.74 Å². The predicted octanol–water partition coefficient (Wildman–Crippen LogP) is 4.79. The summed E-state index contributed by atoms with van der Waals surface area (Å²) in [6, 6.07) is 5.78. The van der Waals surface area contributed by atoms with E-state index in [1.807, 2.05) is 36.9 Å². The zero-order valence-corrected chi connectivity index (χ0v) is 18.0. The number of halogens is 1. The van der Waals surface area contributed by atoms with Crippen LogP contribution in [0.5, 0.6) is 0 Å². The van der Waals surface area contributed by atoms with Gasteiger partial charge in [0.05, 0.1) is 24.0 Å². The molecular weight excluding hydrogens is 383 g/mol. The van der Waals surface area contributed by atoms with E-state index in [0.717, 1.165) is 42.8 Å². The van der Waals surface area contributed by atoms with Gasteiger partial charge in [-0.15, -0.1) is 0 Å². The molecule has 1 aliphatic heterocycles. The second-order valence-corrected chi connectivity index (χ2v) is 8.66. The Kier molecular flexibility index (Phi) is 5.49. The number of carbonyl (C=O) groups excluding carboxylic acids is 1. The number of hydrogen-bond acceptors (Lipinski definition) is 4. The first kappa shape index (κ1) is 20.7. The summed E-state index contributed by atoms with van der Waals surface area (Å²) < 4.78 is 19.1. The SMILES string of the molecule is CCO[C@H](C)C12CC(C[C@@H](C)C1)N2C(=O)Nc1ccc(C)c(-c2ncc(F)cn2)c1. The van der Waals surface area contributed by atoms with E-state index in [-0.39, 0.29) is 23.7 Å². The molecule has 0 radical (unpaired) electrons. The number of urea groups is 1. The Bertz CT molecular complexity index is 935. The van der Waals surface area contributed by atoms with Gasteiger partial charge in [0, 0.05) is 23.9 Å². The summed E-state index contributed by atoms with van der Waals surface area (Å²) >= 11 is 0. The van der Waals surface area contributed by atoms with E-state index in [2.05, 4.69) is 29.1 Å². The van der Waals surface area contributed by atoms with Gasteiger partial charge in [0.1, 0.15) is 0 Å². The summed E-state index contributed by atoms with van der Waals surface area (Å²) in [6.45, 7) is 8.90. The third-order valence-corrected chi connectivity index (χ3v) is 6.55. The molecule has 4 atom stereocenters. The Labute approximate surface area is 176 Å². The van der Waals surface area contributed by atoms with Crippen LogP contribution in [0.3, 0.4) is 0 Å². The molecule has 1 saturated heterocycles. The smallest absolute Gasteiger partial charge is 0.322 e. The van der Waals surface area contributed by atoms with Crippen LogP contribution in [0.1, 0.15) is 45.6 Å². The average Bonchev–Trinajstić information content (AvgIpc) is 2.69. The normalized spacial score (nSPS) is 26.1. The molecule has 6 nitrogen and oxygen atoms in total. The van der Waals surface area contributed by atoms with Crippen molar-refractivity contribution < 1.29 is 13.9 Å². The highest BCUT2D eigenvalue weighted by Crippen LogP contribution is 2.52. The van der Waals surface area contributed by atoms with E-state index in [4.69, 9.17) is 4.74 Å². The summed E-state index contributed by atoms with van der Waals surface area (Å²) in [5.74, 6) is 0.534. The molecule has 30 heavy (non-hydrogen) atoms. The minimum absolute atomic E-state index is 0.00607. The van der Waals surface area contributed by atoms with E-state index in [1.165, 1.54) is 0 Å². The molecule has 2 aromatic rings. The quantitative estimate of drug-likeness (QED) is 0.767. The maximum Gasteiger partial charge on any atom is 0.322 e. The summed E-state index contributed by atoms with van der Waals surface area (Å²) in [5, 5.41) is 3.06. The van der Waals surface area contributed by atoms with Crippen molar-refractivity contribution in [2.75, 3.05) is 11.9 Å². The highest BCUT2D eigenvalue weighted by atomic mass is 19.1. The van der Waals surface area contributed by atoms with Crippen molar-refractivity contribution in [3.63, 3.8) is 0 Å². The zero-order chi connectivity index (χ0) is 21.5. The number of carbonyl (C=O) groups is 1. The number of likely N-dealkylation sites (tertiary alicyclic amines) is 1. The van der Waals surface area contributed by atoms with Crippen molar-refractivity contribution in [2.45, 2.75) is 64.6 Å². The number of amides is 2. The van der Waals surface area contributed by atoms with Crippen LogP contribution in [0.25, 0.3) is 11.4 Å². The number of nitrogens with zero attached hydrogens (tertiary/aromatic N) is 3. The summed E-state index contributed by atoms with van der Waals surface area (Å²) in [5.41, 5.74) is 2.15. The van der Waals surface area contributed by atoms with Gasteiger partial charge in [-0.2, -0.15) is 0 Å². The Hall–Kier alpha value is -2.54. The van der Waals surface area contributed by atoms with E-state index < -0.39 is 5.82 Å². The minimum Gasteiger partial charge on any atom is -0.376 e. The second kappa shape index (κ2) is 7.95. The molecule has 1 aromatic carbocycles. The summed E-state index contributed by atoms with van der Waals surface area (Å²) in [7, 11) is 0. The lowest BCUT2D eigenvalue weighted by atomic mass is 9.62. The van der Waals surface area contributed by atoms with Gasteiger partial charge in [-0.25, -0.2) is 19.2 Å². The molecule has 4 rings (SSSR count). The molecule has 2 bridgehead atoms. The highest BCUT2D eigenvalue weighted by molar-refractivity contribution is 5.92. The fourth-order valence-electron chi connectivity index (χ4n) is 5.25. The molecule has 0 spiro atoms. The Morgan fingerprint density at radius 3 is 2.80 bits per heavy atom. The predicted molar refractivity (Wildman–Crippen MR) is 114 cm³/mol. The van der Waals surface area contributed by atoms with E-state index in [9.17, 15) is 9.18 Å². The molecular formula is C23H29FN4O2. The number of piperidine rings is 1. The van der Waals surface area contributed by atoms with Gasteiger partial charge in [-0.1, -0.05) is 13.0 Å². The van der Waals surface area contributed by atoms with Crippen LogP contribution in [0.15, 0.2) is 30.6 Å². The van der Waals surface area contributed by atoms with Gasteiger partial charge in [0.15, 0.2) is 11.6 Å². The minimum atomic E-state index is -0.479. The van der Waals surface area contributed by atoms with Crippen molar-refractivity contribution in [3.05, 3.63) is 42.0 Å². The van der Waals surface area contributed by atoms with Crippen molar-refractivity contribution in [2.24, 2.45) is 5.92 Å². The number of benzene rings is 1. The second-order valence-electron chi connectivity index (χ2n) is 8.66. The molecule has 2 heterocycles. The van der Waals surface area contributed by atoms with Crippen molar-refractivity contribution in [1.82, 2.24) is 14.9 Å². The number of anilines is 1. The zero-order valence-electron chi connectivity index (χ0n) is 18.0. The van der Waals surface area contributed by atoms with Gasteiger partial charge in [-0.3, -0.25) is 0 Å². The molecule has 2 aliphatic rings. The van der Waals surface area contributed by atoms with E-state index >= 15 is 0 Å². The lowest BCUT2D eigenvalue weighted by molar-refractivity contribution is -0.162. The Balaban J connectivity index is 1.56. The number of fused-ring (bicyclic) bond motifs is 2. The first-order chi connectivity index (χ1) is 14.3. The number of hydrogen-bond donors (Lipinski definition) is 1. The maximum absolute atomic E-state index is 13.3. The average molecular weight is 413 g/mol. The fourth-order valence-corrected chi connectivity index (χ4v) is 5.25. The molecule has 1 N–H and O–H groups in total. The molecule has 1 saturated carbocycles. The maximum atomic E-state index is 13.3. The van der Waals surface area contributed by atoms with Crippen molar-refractivity contribution in [1.29, 1.82) is 0 Å². The molecule has 7 heteroatoms. The number of aryl methyl sites for hydroxylation is 1. The molecule has 1 aromatic heterocycles. The van der Waals surface area contributed by atoms with Gasteiger partial charge >= 0.3 is 6.03 Å². The van der Waals surface area contributed by atoms with Crippen molar-refractivity contribution >= 4 is 11.7 Å². The summed E-state index contributed by atoms with van der Waals surface area (Å²) in [4.78, 5) is 23.4. The van der Waals surface area contributed by atoms with Crippen LogP contribution < -0.4 is 5.32 Å². The number of nitrogens with one attached hydrogen (secondary N) is 1. The first-order valence-corrected chi connectivity index (χ1v) is 10.6. The van der Waals surface area contributed by atoms with Gasteiger partial charge in [-0.05, 0) is 63.6 Å². The molecule has 1 aliphatic carbocycles. The lowest BCUT2D eigenvalue weighted by Crippen LogP contribution is -2.76. The molecule has 2 unspecified atom stereocenters. The molecule has 2 fully saturated rings. The molecule has 2 amide bonds. The standard InChI is InChI=1S/C23H29FN4O2/c1-5-30-16(4)23-10-14(2)8-19(11-23)28(23)22(29)27-18-7-6-15(3)20(9-18)21-25-12-17(24)13-26-21/h6-7,9,12-14,16,19H,5,8,10-11H2,1-4H3,(H,27,29)/t14-,16-,19?,23?/m1/s1. The Morgan fingerprint density at radius 2 is 2.10 bits per heavy atom. The third-order valence-electron chi connectivity index (χ3n) is 6.55. The van der Waals surface area contributed by atoms with Crippen LogP contribution >= 0.6 is 0 Å². The summed E-state index contributed by atoms with van der Waals surface area (Å²) in [6.07, 6.45) is 5.27. The van der Waals surface area contributed by atoms with Crippen LogP contribution in [0.2, 0.25) is 0 Å². The monoisotopic (exact) mass is 412 g/mol. The lowest BCUT2D eigenvalue weighted by Gasteiger charge is -2.65. The third kappa shape index (κ3) is 3.55. The molecule has 160 valence electrons.